The van der Waals surface area contributed by atoms with Crippen LogP contribution in [-0.4, -0.2) is 28.8 Å². The molecule has 0 N–H and O–H groups in total. The highest BCUT2D eigenvalue weighted by atomic mass is 35.5. The molecule has 6 heteroatoms. The van der Waals surface area contributed by atoms with Crippen molar-refractivity contribution >= 4 is 23.2 Å². The van der Waals surface area contributed by atoms with Crippen LogP contribution in [0.15, 0.2) is 18.2 Å². The molecule has 1 aromatic carbocycles. The number of benzene rings is 1. The molecule has 5 nitrogen and oxygen atoms in total. The molecule has 1 aliphatic heterocycles. The van der Waals surface area contributed by atoms with Gasteiger partial charge in [-0.3, -0.25) is 14.9 Å². The fourth-order valence-corrected chi connectivity index (χ4v) is 2.74. The van der Waals surface area contributed by atoms with E-state index in [1.165, 1.54) is 12.1 Å². The zero-order valence-corrected chi connectivity index (χ0v) is 12.1. The monoisotopic (exact) mass is 296 g/mol. The van der Waals surface area contributed by atoms with E-state index >= 15 is 0 Å². The molecule has 1 saturated heterocycles. The summed E-state index contributed by atoms with van der Waals surface area (Å²) in [5, 5.41) is 10.8. The van der Waals surface area contributed by atoms with Crippen LogP contribution in [0.2, 0.25) is 5.02 Å². The van der Waals surface area contributed by atoms with Gasteiger partial charge in [0.25, 0.3) is 11.6 Å². The molecule has 0 radical (unpaired) electrons. The molecular weight excluding hydrogens is 280 g/mol. The van der Waals surface area contributed by atoms with Crippen molar-refractivity contribution in [2.45, 2.75) is 26.2 Å². The SMILES string of the molecule is CC1CCCN(C(=O)c2cccc([N+](=O)[O-])c2Cl)CC1. The van der Waals surface area contributed by atoms with Crippen LogP contribution < -0.4 is 0 Å². The number of hydrogen-bond acceptors (Lipinski definition) is 3. The van der Waals surface area contributed by atoms with Crippen LogP contribution in [0.3, 0.4) is 0 Å². The summed E-state index contributed by atoms with van der Waals surface area (Å²) in [5.74, 6) is 0.390. The number of nitro benzene ring substituents is 1. The van der Waals surface area contributed by atoms with Crippen LogP contribution in [-0.2, 0) is 0 Å². The quantitative estimate of drug-likeness (QED) is 0.619. The van der Waals surface area contributed by atoms with Crippen molar-refractivity contribution in [2.24, 2.45) is 5.92 Å². The van der Waals surface area contributed by atoms with Gasteiger partial charge in [-0.25, -0.2) is 0 Å². The first-order valence-electron chi connectivity index (χ1n) is 6.73. The number of likely N-dealkylation sites (tertiary alicyclic amines) is 1. The lowest BCUT2D eigenvalue weighted by atomic mass is 10.0. The third-order valence-electron chi connectivity index (χ3n) is 3.71. The van der Waals surface area contributed by atoms with Gasteiger partial charge in [-0.2, -0.15) is 0 Å². The van der Waals surface area contributed by atoms with E-state index in [0.29, 0.717) is 19.0 Å². The third-order valence-corrected chi connectivity index (χ3v) is 4.11. The van der Waals surface area contributed by atoms with E-state index in [1.54, 1.807) is 11.0 Å². The number of nitrogens with zero attached hydrogens (tertiary/aromatic N) is 2. The van der Waals surface area contributed by atoms with Gasteiger partial charge in [-0.15, -0.1) is 0 Å². The zero-order valence-electron chi connectivity index (χ0n) is 11.3. The number of nitro groups is 1. The van der Waals surface area contributed by atoms with Gasteiger partial charge in [0.2, 0.25) is 0 Å². The first-order valence-corrected chi connectivity index (χ1v) is 7.10. The van der Waals surface area contributed by atoms with Gasteiger partial charge < -0.3 is 4.90 Å². The van der Waals surface area contributed by atoms with E-state index in [0.717, 1.165) is 19.3 Å². The van der Waals surface area contributed by atoms with E-state index < -0.39 is 4.92 Å². The van der Waals surface area contributed by atoms with Crippen molar-refractivity contribution in [1.29, 1.82) is 0 Å². The Balaban J connectivity index is 2.25. The standard InChI is InChI=1S/C14H17ClN2O3/c1-10-4-3-8-16(9-7-10)14(18)11-5-2-6-12(13(11)15)17(19)20/h2,5-6,10H,3-4,7-9H2,1H3. The van der Waals surface area contributed by atoms with Crippen LogP contribution in [0.4, 0.5) is 5.69 Å². The average molecular weight is 297 g/mol. The second kappa shape index (κ2) is 6.22. The molecule has 1 aliphatic rings. The molecule has 108 valence electrons. The lowest BCUT2D eigenvalue weighted by Gasteiger charge is -2.21. The lowest BCUT2D eigenvalue weighted by molar-refractivity contribution is -0.384. The number of hydrogen-bond donors (Lipinski definition) is 0. The number of rotatable bonds is 2. The Labute approximate surface area is 122 Å². The summed E-state index contributed by atoms with van der Waals surface area (Å²) in [6, 6.07) is 4.35. The summed E-state index contributed by atoms with van der Waals surface area (Å²) in [6.07, 6.45) is 3.02. The van der Waals surface area contributed by atoms with E-state index in [-0.39, 0.29) is 22.2 Å². The van der Waals surface area contributed by atoms with Crippen molar-refractivity contribution in [1.82, 2.24) is 4.90 Å². The van der Waals surface area contributed by atoms with Gasteiger partial charge in [0, 0.05) is 19.2 Å². The van der Waals surface area contributed by atoms with Crippen LogP contribution >= 0.6 is 11.6 Å². The number of carbonyl (C=O) groups excluding carboxylic acids is 1. The van der Waals surface area contributed by atoms with Gasteiger partial charge in [0.1, 0.15) is 5.02 Å². The molecule has 0 saturated carbocycles. The summed E-state index contributed by atoms with van der Waals surface area (Å²) < 4.78 is 0. The zero-order chi connectivity index (χ0) is 14.7. The van der Waals surface area contributed by atoms with Crippen LogP contribution in [0, 0.1) is 16.0 Å². The maximum absolute atomic E-state index is 12.5. The Hall–Kier alpha value is -1.62. The van der Waals surface area contributed by atoms with Crippen molar-refractivity contribution in [3.05, 3.63) is 38.9 Å². The minimum atomic E-state index is -0.566. The molecule has 2 rings (SSSR count). The minimum Gasteiger partial charge on any atom is -0.339 e. The van der Waals surface area contributed by atoms with E-state index in [4.69, 9.17) is 11.6 Å². The summed E-state index contributed by atoms with van der Waals surface area (Å²) >= 11 is 6.00. The average Bonchev–Trinajstić information content (AvgIpc) is 2.63. The Bertz CT molecular complexity index is 533. The second-order valence-electron chi connectivity index (χ2n) is 5.22. The molecule has 1 aromatic rings. The van der Waals surface area contributed by atoms with Gasteiger partial charge in [0.05, 0.1) is 10.5 Å². The second-order valence-corrected chi connectivity index (χ2v) is 5.60. The van der Waals surface area contributed by atoms with Gasteiger partial charge >= 0.3 is 0 Å². The number of carbonyl (C=O) groups is 1. The van der Waals surface area contributed by atoms with E-state index in [9.17, 15) is 14.9 Å². The molecule has 20 heavy (non-hydrogen) atoms. The van der Waals surface area contributed by atoms with Crippen molar-refractivity contribution in [3.8, 4) is 0 Å². The Morgan fingerprint density at radius 3 is 2.85 bits per heavy atom. The van der Waals surface area contributed by atoms with E-state index in [2.05, 4.69) is 6.92 Å². The van der Waals surface area contributed by atoms with Crippen molar-refractivity contribution < 1.29 is 9.72 Å². The van der Waals surface area contributed by atoms with Crippen molar-refractivity contribution in [2.75, 3.05) is 13.1 Å². The molecule has 1 fully saturated rings. The first kappa shape index (κ1) is 14.8. The van der Waals surface area contributed by atoms with Gasteiger partial charge in [0.15, 0.2) is 0 Å². The summed E-state index contributed by atoms with van der Waals surface area (Å²) in [7, 11) is 0. The van der Waals surface area contributed by atoms with Gasteiger partial charge in [-0.05, 0) is 31.2 Å². The molecule has 1 atom stereocenters. The molecule has 0 aromatic heterocycles. The smallest absolute Gasteiger partial charge is 0.288 e. The fraction of sp³-hybridized carbons (Fsp3) is 0.500. The molecule has 1 amide bonds. The highest BCUT2D eigenvalue weighted by Gasteiger charge is 2.25. The van der Waals surface area contributed by atoms with Crippen molar-refractivity contribution in [3.63, 3.8) is 0 Å². The molecule has 0 spiro atoms. The summed E-state index contributed by atoms with van der Waals surface area (Å²) in [5.41, 5.74) is -0.00359. The molecule has 1 unspecified atom stereocenters. The van der Waals surface area contributed by atoms with Crippen LogP contribution in [0.1, 0.15) is 36.5 Å². The Morgan fingerprint density at radius 2 is 2.15 bits per heavy atom. The predicted octanol–water partition coefficient (Wildman–Crippen LogP) is 3.51. The third kappa shape index (κ3) is 3.10. The maximum atomic E-state index is 12.5. The molecule has 1 heterocycles. The Kier molecular flexibility index (Phi) is 4.60. The number of amides is 1. The summed E-state index contributed by atoms with van der Waals surface area (Å²) in [4.78, 5) is 24.5. The minimum absolute atomic E-state index is 0.0696. The molecule has 0 aliphatic carbocycles. The predicted molar refractivity (Wildman–Crippen MR) is 77.0 cm³/mol. The topological polar surface area (TPSA) is 63.5 Å². The van der Waals surface area contributed by atoms with Gasteiger partial charge in [-0.1, -0.05) is 24.6 Å². The fourth-order valence-electron chi connectivity index (χ4n) is 2.46. The molecule has 0 bridgehead atoms. The highest BCUT2D eigenvalue weighted by Crippen LogP contribution is 2.29. The number of halogens is 1. The first-order chi connectivity index (χ1) is 9.50. The van der Waals surface area contributed by atoms with E-state index in [1.807, 2.05) is 0 Å². The normalized spacial score (nSPS) is 19.5. The highest BCUT2D eigenvalue weighted by molar-refractivity contribution is 6.35. The Morgan fingerprint density at radius 1 is 1.40 bits per heavy atom. The maximum Gasteiger partial charge on any atom is 0.288 e. The molecular formula is C14H17ClN2O3. The lowest BCUT2D eigenvalue weighted by Crippen LogP contribution is -2.32. The summed E-state index contributed by atoms with van der Waals surface area (Å²) in [6.45, 7) is 3.54. The van der Waals surface area contributed by atoms with Crippen LogP contribution in [0.5, 0.6) is 0 Å². The van der Waals surface area contributed by atoms with Crippen LogP contribution in [0.25, 0.3) is 0 Å². The largest absolute Gasteiger partial charge is 0.339 e.